The summed E-state index contributed by atoms with van der Waals surface area (Å²) >= 11 is 0. The number of rotatable bonds is 2. The first-order valence-electron chi connectivity index (χ1n) is 7.41. The van der Waals surface area contributed by atoms with E-state index in [1.165, 1.54) is 0 Å². The fourth-order valence-electron chi connectivity index (χ4n) is 3.42. The summed E-state index contributed by atoms with van der Waals surface area (Å²) in [5.41, 5.74) is 2.96. The molecule has 3 rings (SSSR count). The number of fused-ring (bicyclic) bond motifs is 1. The molecular weight excluding hydrogens is 252 g/mol. The molecule has 1 saturated carbocycles. The molecule has 0 radical (unpaired) electrons. The maximum absolute atomic E-state index is 12.7. The van der Waals surface area contributed by atoms with Gasteiger partial charge >= 0.3 is 0 Å². The van der Waals surface area contributed by atoms with Gasteiger partial charge in [0, 0.05) is 24.8 Å². The van der Waals surface area contributed by atoms with E-state index in [9.17, 15) is 4.79 Å². The molecule has 1 aromatic rings. The van der Waals surface area contributed by atoms with Crippen LogP contribution in [-0.2, 0) is 4.74 Å². The van der Waals surface area contributed by atoms with E-state index in [4.69, 9.17) is 4.74 Å². The van der Waals surface area contributed by atoms with Gasteiger partial charge in [0.15, 0.2) is 0 Å². The molecule has 1 aliphatic carbocycles. The van der Waals surface area contributed by atoms with Gasteiger partial charge in [-0.3, -0.25) is 4.79 Å². The average molecular weight is 274 g/mol. The summed E-state index contributed by atoms with van der Waals surface area (Å²) in [6, 6.07) is 6.16. The Kier molecular flexibility index (Phi) is 3.66. The van der Waals surface area contributed by atoms with Gasteiger partial charge in [-0.25, -0.2) is 0 Å². The lowest BCUT2D eigenvalue weighted by Crippen LogP contribution is -2.51. The summed E-state index contributed by atoms with van der Waals surface area (Å²) in [4.78, 5) is 14.8. The summed E-state index contributed by atoms with van der Waals surface area (Å²) in [6.45, 7) is 3.41. The molecule has 2 fully saturated rings. The molecule has 0 aromatic heterocycles. The van der Waals surface area contributed by atoms with Crippen LogP contribution in [0.2, 0.25) is 0 Å². The van der Waals surface area contributed by atoms with Gasteiger partial charge in [-0.2, -0.15) is 0 Å². The molecule has 20 heavy (non-hydrogen) atoms. The number of aryl methyl sites for hydroxylation is 1. The van der Waals surface area contributed by atoms with Gasteiger partial charge < -0.3 is 15.0 Å². The highest BCUT2D eigenvalue weighted by Gasteiger charge is 2.38. The Morgan fingerprint density at radius 2 is 2.25 bits per heavy atom. The number of amides is 1. The largest absolute Gasteiger partial charge is 0.388 e. The lowest BCUT2D eigenvalue weighted by molar-refractivity contribution is -0.0445. The Morgan fingerprint density at radius 3 is 3.00 bits per heavy atom. The third-order valence-electron chi connectivity index (χ3n) is 4.49. The molecule has 1 N–H and O–H groups in total. The summed E-state index contributed by atoms with van der Waals surface area (Å²) in [5, 5.41) is 3.13. The third-order valence-corrected chi connectivity index (χ3v) is 4.49. The Balaban J connectivity index is 1.82. The maximum Gasteiger partial charge on any atom is 0.254 e. The van der Waals surface area contributed by atoms with Crippen LogP contribution in [0.1, 0.15) is 35.2 Å². The Bertz CT molecular complexity index is 515. The minimum Gasteiger partial charge on any atom is -0.388 e. The topological polar surface area (TPSA) is 41.6 Å². The van der Waals surface area contributed by atoms with Crippen LogP contribution >= 0.6 is 0 Å². The molecule has 0 bridgehead atoms. The molecule has 2 atom stereocenters. The fraction of sp³-hybridized carbons (Fsp3) is 0.562. The van der Waals surface area contributed by atoms with Gasteiger partial charge in [-0.15, -0.1) is 0 Å². The first-order chi connectivity index (χ1) is 9.70. The second-order valence-electron chi connectivity index (χ2n) is 5.69. The number of hydrogen-bond acceptors (Lipinski definition) is 3. The molecular formula is C16H22N2O2. The van der Waals surface area contributed by atoms with E-state index >= 15 is 0 Å². The normalized spacial score (nSPS) is 25.4. The zero-order valence-electron chi connectivity index (χ0n) is 12.2. The predicted octanol–water partition coefficient (Wildman–Crippen LogP) is 2.43. The van der Waals surface area contributed by atoms with Crippen LogP contribution in [0.5, 0.6) is 0 Å². The van der Waals surface area contributed by atoms with Crippen molar-refractivity contribution in [3.63, 3.8) is 0 Å². The number of hydrogen-bond donors (Lipinski definition) is 1. The Labute approximate surface area is 120 Å². The van der Waals surface area contributed by atoms with Crippen molar-refractivity contribution in [2.45, 2.75) is 38.3 Å². The molecule has 4 heteroatoms. The van der Waals surface area contributed by atoms with E-state index in [-0.39, 0.29) is 18.1 Å². The number of ether oxygens (including phenoxy) is 1. The number of benzene rings is 1. The molecule has 0 spiro atoms. The molecule has 1 amide bonds. The van der Waals surface area contributed by atoms with Crippen LogP contribution in [0.4, 0.5) is 5.69 Å². The van der Waals surface area contributed by atoms with E-state index in [0.29, 0.717) is 13.2 Å². The van der Waals surface area contributed by atoms with Gasteiger partial charge in [0.05, 0.1) is 18.8 Å². The fourth-order valence-corrected chi connectivity index (χ4v) is 3.42. The van der Waals surface area contributed by atoms with Crippen LogP contribution in [0.3, 0.4) is 0 Å². The number of nitrogens with one attached hydrogen (secondary N) is 1. The quantitative estimate of drug-likeness (QED) is 0.900. The molecule has 108 valence electrons. The van der Waals surface area contributed by atoms with Gasteiger partial charge in [-0.1, -0.05) is 0 Å². The Hall–Kier alpha value is -1.55. The summed E-state index contributed by atoms with van der Waals surface area (Å²) in [7, 11) is 1.90. The maximum atomic E-state index is 12.7. The van der Waals surface area contributed by atoms with Gasteiger partial charge in [0.25, 0.3) is 5.91 Å². The van der Waals surface area contributed by atoms with E-state index in [2.05, 4.69) is 5.32 Å². The van der Waals surface area contributed by atoms with Crippen LogP contribution in [-0.4, -0.2) is 43.2 Å². The van der Waals surface area contributed by atoms with E-state index in [0.717, 1.165) is 36.1 Å². The second-order valence-corrected chi connectivity index (χ2v) is 5.69. The van der Waals surface area contributed by atoms with Gasteiger partial charge in [0.2, 0.25) is 0 Å². The lowest BCUT2D eigenvalue weighted by Gasteiger charge is -2.37. The van der Waals surface area contributed by atoms with Crippen LogP contribution in [0, 0.1) is 6.92 Å². The Morgan fingerprint density at radius 1 is 1.40 bits per heavy atom. The van der Waals surface area contributed by atoms with Gasteiger partial charge in [-0.05, 0) is 49.9 Å². The highest BCUT2D eigenvalue weighted by molar-refractivity contribution is 5.95. The molecule has 4 nitrogen and oxygen atoms in total. The number of anilines is 1. The zero-order chi connectivity index (χ0) is 14.1. The lowest BCUT2D eigenvalue weighted by atomic mass is 10.1. The summed E-state index contributed by atoms with van der Waals surface area (Å²) in [5.74, 6) is 0.149. The van der Waals surface area contributed by atoms with Crippen molar-refractivity contribution >= 4 is 11.6 Å². The minimum absolute atomic E-state index is 0.149. The van der Waals surface area contributed by atoms with E-state index < -0.39 is 0 Å². The van der Waals surface area contributed by atoms with Crippen molar-refractivity contribution in [2.24, 2.45) is 0 Å². The van der Waals surface area contributed by atoms with Crippen molar-refractivity contribution in [1.29, 1.82) is 0 Å². The zero-order valence-corrected chi connectivity index (χ0v) is 12.2. The van der Waals surface area contributed by atoms with Crippen LogP contribution in [0.25, 0.3) is 0 Å². The third kappa shape index (κ3) is 2.29. The number of carbonyl (C=O) groups is 1. The van der Waals surface area contributed by atoms with Crippen molar-refractivity contribution in [3.05, 3.63) is 29.3 Å². The highest BCUT2D eigenvalue weighted by Crippen LogP contribution is 2.31. The number of carbonyl (C=O) groups excluding carboxylic acids is 1. The summed E-state index contributed by atoms with van der Waals surface area (Å²) in [6.07, 6.45) is 3.58. The molecule has 1 aromatic carbocycles. The van der Waals surface area contributed by atoms with Crippen molar-refractivity contribution < 1.29 is 9.53 Å². The van der Waals surface area contributed by atoms with Crippen molar-refractivity contribution in [2.75, 3.05) is 25.5 Å². The number of nitrogens with zero attached hydrogens (tertiary/aromatic N) is 1. The monoisotopic (exact) mass is 274 g/mol. The van der Waals surface area contributed by atoms with Crippen molar-refractivity contribution in [3.8, 4) is 0 Å². The van der Waals surface area contributed by atoms with E-state index in [1.807, 2.05) is 37.1 Å². The first-order valence-corrected chi connectivity index (χ1v) is 7.41. The van der Waals surface area contributed by atoms with Crippen LogP contribution in [0.15, 0.2) is 18.2 Å². The molecule has 1 saturated heterocycles. The average Bonchev–Trinajstić information content (AvgIpc) is 2.94. The SMILES string of the molecule is CNc1ccc(C(=O)N2CCOC3CCCC32)cc1C. The predicted molar refractivity (Wildman–Crippen MR) is 79.1 cm³/mol. The van der Waals surface area contributed by atoms with Gasteiger partial charge in [0.1, 0.15) is 0 Å². The molecule has 1 heterocycles. The standard InChI is InChI=1S/C16H22N2O2/c1-11-10-12(6-7-13(11)17-2)16(19)18-8-9-20-15-5-3-4-14(15)18/h6-7,10,14-15,17H,3-5,8-9H2,1-2H3. The van der Waals surface area contributed by atoms with Crippen molar-refractivity contribution in [1.82, 2.24) is 4.90 Å². The second kappa shape index (κ2) is 5.44. The molecule has 2 aliphatic rings. The molecule has 1 aliphatic heterocycles. The van der Waals surface area contributed by atoms with E-state index in [1.54, 1.807) is 0 Å². The number of morpholine rings is 1. The first kappa shape index (κ1) is 13.4. The minimum atomic E-state index is 0.149. The summed E-state index contributed by atoms with van der Waals surface area (Å²) < 4.78 is 5.77. The molecule has 2 unspecified atom stereocenters. The highest BCUT2D eigenvalue weighted by atomic mass is 16.5. The van der Waals surface area contributed by atoms with Crippen LogP contribution < -0.4 is 5.32 Å². The smallest absolute Gasteiger partial charge is 0.254 e.